The van der Waals surface area contributed by atoms with E-state index >= 15 is 0 Å². The van der Waals surface area contributed by atoms with Crippen LogP contribution in [-0.2, 0) is 4.74 Å². The summed E-state index contributed by atoms with van der Waals surface area (Å²) in [5.74, 6) is 0.427. The molecule has 4 heterocycles. The van der Waals surface area contributed by atoms with E-state index in [1.807, 2.05) is 0 Å². The van der Waals surface area contributed by atoms with Crippen LogP contribution in [0.5, 0.6) is 0 Å². The highest BCUT2D eigenvalue weighted by Gasteiger charge is 2.45. The Labute approximate surface area is 145 Å². The van der Waals surface area contributed by atoms with E-state index in [-0.39, 0.29) is 17.6 Å². The van der Waals surface area contributed by atoms with Gasteiger partial charge in [0.05, 0.1) is 11.6 Å². The third kappa shape index (κ3) is 3.11. The third-order valence-electron chi connectivity index (χ3n) is 5.11. The number of nitrogens with zero attached hydrogens (tertiary/aromatic N) is 4. The van der Waals surface area contributed by atoms with Crippen LogP contribution in [-0.4, -0.2) is 57.6 Å². The van der Waals surface area contributed by atoms with Crippen molar-refractivity contribution in [2.75, 3.05) is 24.6 Å². The lowest BCUT2D eigenvalue weighted by atomic mass is 9.80. The summed E-state index contributed by atoms with van der Waals surface area (Å²) in [5, 5.41) is 17.7. The number of ether oxygens (including phenoxy) is 1. The molecule has 9 heteroatoms. The Morgan fingerprint density at radius 2 is 2.24 bits per heavy atom. The molecule has 2 aliphatic heterocycles. The van der Waals surface area contributed by atoms with Gasteiger partial charge in [-0.3, -0.25) is 9.89 Å². The Morgan fingerprint density at radius 1 is 1.40 bits per heavy atom. The fraction of sp³-hybridized carbons (Fsp3) is 0.625. The molecule has 134 valence electrons. The summed E-state index contributed by atoms with van der Waals surface area (Å²) in [4.78, 5) is 14.5. The Hall–Kier alpha value is -2.42. The molecule has 0 aliphatic carbocycles. The maximum Gasteiger partial charge on any atom is 0.318 e. The molecule has 2 fully saturated rings. The molecule has 0 radical (unpaired) electrons. The Morgan fingerprint density at radius 3 is 2.92 bits per heavy atom. The number of aryl methyl sites for hydroxylation is 1. The van der Waals surface area contributed by atoms with Gasteiger partial charge in [-0.15, -0.1) is 5.10 Å². The highest BCUT2D eigenvalue weighted by Crippen LogP contribution is 2.36. The SMILES string of the molecule is Cc1nnc(N2CCC3(CC2)OCCCC3NC(=O)c2ccn[nH]2)o1. The summed E-state index contributed by atoms with van der Waals surface area (Å²) >= 11 is 0. The second-order valence-electron chi connectivity index (χ2n) is 6.64. The lowest BCUT2D eigenvalue weighted by molar-refractivity contribution is -0.112. The summed E-state index contributed by atoms with van der Waals surface area (Å²) in [5.41, 5.74) is 0.138. The molecule has 2 aromatic rings. The van der Waals surface area contributed by atoms with Crippen molar-refractivity contribution in [2.24, 2.45) is 0 Å². The third-order valence-corrected chi connectivity index (χ3v) is 5.11. The smallest absolute Gasteiger partial charge is 0.318 e. The molecule has 1 atom stereocenters. The van der Waals surface area contributed by atoms with Crippen LogP contribution in [0.25, 0.3) is 0 Å². The standard InChI is InChI=1S/C16H22N6O3/c1-11-19-21-15(25-11)22-8-5-16(6-9-22)13(3-2-10-24-16)18-14(23)12-4-7-17-20-12/h4,7,13H,2-3,5-6,8-10H2,1H3,(H,17,20)(H,18,23). The van der Waals surface area contributed by atoms with E-state index in [0.717, 1.165) is 45.4 Å². The van der Waals surface area contributed by atoms with Crippen molar-refractivity contribution in [1.82, 2.24) is 25.7 Å². The number of carbonyl (C=O) groups is 1. The number of carbonyl (C=O) groups excluding carboxylic acids is 1. The molecule has 4 rings (SSSR count). The van der Waals surface area contributed by atoms with Crippen molar-refractivity contribution >= 4 is 11.9 Å². The zero-order chi connectivity index (χ0) is 17.3. The van der Waals surface area contributed by atoms with Gasteiger partial charge in [0, 0.05) is 32.8 Å². The zero-order valence-corrected chi connectivity index (χ0v) is 14.2. The lowest BCUT2D eigenvalue weighted by Gasteiger charge is -2.48. The van der Waals surface area contributed by atoms with E-state index in [9.17, 15) is 4.79 Å². The molecule has 25 heavy (non-hydrogen) atoms. The highest BCUT2D eigenvalue weighted by atomic mass is 16.5. The Bertz CT molecular complexity index is 720. The van der Waals surface area contributed by atoms with Gasteiger partial charge in [-0.2, -0.15) is 5.10 Å². The van der Waals surface area contributed by atoms with Gasteiger partial charge in [0.15, 0.2) is 0 Å². The number of anilines is 1. The van der Waals surface area contributed by atoms with E-state index in [1.54, 1.807) is 19.2 Å². The van der Waals surface area contributed by atoms with Gasteiger partial charge >= 0.3 is 6.01 Å². The van der Waals surface area contributed by atoms with E-state index in [2.05, 4.69) is 30.6 Å². The number of rotatable bonds is 3. The normalized spacial score (nSPS) is 22.9. The minimum Gasteiger partial charge on any atom is -0.408 e. The van der Waals surface area contributed by atoms with E-state index in [4.69, 9.17) is 9.15 Å². The van der Waals surface area contributed by atoms with Crippen LogP contribution in [0.4, 0.5) is 6.01 Å². The predicted octanol–water partition coefficient (Wildman–Crippen LogP) is 1.05. The van der Waals surface area contributed by atoms with Crippen molar-refractivity contribution in [3.05, 3.63) is 23.8 Å². The maximum atomic E-state index is 12.4. The van der Waals surface area contributed by atoms with Gasteiger partial charge < -0.3 is 19.4 Å². The predicted molar refractivity (Wildman–Crippen MR) is 88.2 cm³/mol. The molecule has 1 amide bonds. The number of amides is 1. The Balaban J connectivity index is 1.45. The van der Waals surface area contributed by atoms with Crippen LogP contribution < -0.4 is 10.2 Å². The molecule has 2 aliphatic rings. The molecule has 2 saturated heterocycles. The Kier molecular flexibility index (Phi) is 4.16. The molecule has 1 unspecified atom stereocenters. The molecule has 9 nitrogen and oxygen atoms in total. The summed E-state index contributed by atoms with van der Waals surface area (Å²) in [6.45, 7) is 4.04. The first-order chi connectivity index (χ1) is 12.2. The van der Waals surface area contributed by atoms with Gasteiger partial charge in [0.25, 0.3) is 5.91 Å². The fourth-order valence-corrected chi connectivity index (χ4v) is 3.73. The maximum absolute atomic E-state index is 12.4. The van der Waals surface area contributed by atoms with Crippen molar-refractivity contribution in [3.8, 4) is 0 Å². The van der Waals surface area contributed by atoms with Crippen LogP contribution in [0.3, 0.4) is 0 Å². The zero-order valence-electron chi connectivity index (χ0n) is 14.2. The van der Waals surface area contributed by atoms with Crippen LogP contribution >= 0.6 is 0 Å². The van der Waals surface area contributed by atoms with Crippen molar-refractivity contribution in [1.29, 1.82) is 0 Å². The molecular formula is C16H22N6O3. The second kappa shape index (κ2) is 6.47. The number of hydrogen-bond acceptors (Lipinski definition) is 7. The van der Waals surface area contributed by atoms with Gasteiger partial charge in [0.1, 0.15) is 5.69 Å². The first kappa shape index (κ1) is 16.1. The average Bonchev–Trinajstić information content (AvgIpc) is 3.29. The van der Waals surface area contributed by atoms with Gasteiger partial charge in [-0.05, 0) is 31.7 Å². The van der Waals surface area contributed by atoms with Gasteiger partial charge in [0.2, 0.25) is 5.89 Å². The summed E-state index contributed by atoms with van der Waals surface area (Å²) < 4.78 is 11.7. The van der Waals surface area contributed by atoms with Crippen molar-refractivity contribution < 1.29 is 13.9 Å². The first-order valence-corrected chi connectivity index (χ1v) is 8.65. The van der Waals surface area contributed by atoms with Crippen LogP contribution in [0.2, 0.25) is 0 Å². The molecule has 2 aromatic heterocycles. The molecule has 1 spiro atoms. The van der Waals surface area contributed by atoms with Gasteiger partial charge in [-0.25, -0.2) is 0 Å². The van der Waals surface area contributed by atoms with Crippen LogP contribution in [0.1, 0.15) is 42.1 Å². The summed E-state index contributed by atoms with van der Waals surface area (Å²) in [7, 11) is 0. The largest absolute Gasteiger partial charge is 0.408 e. The van der Waals surface area contributed by atoms with Crippen molar-refractivity contribution in [2.45, 2.75) is 44.2 Å². The van der Waals surface area contributed by atoms with E-state index in [1.165, 1.54) is 0 Å². The van der Waals surface area contributed by atoms with Crippen LogP contribution in [0.15, 0.2) is 16.7 Å². The number of piperidine rings is 1. The quantitative estimate of drug-likeness (QED) is 0.855. The van der Waals surface area contributed by atoms with Crippen LogP contribution in [0, 0.1) is 6.92 Å². The monoisotopic (exact) mass is 346 g/mol. The number of hydrogen-bond donors (Lipinski definition) is 2. The lowest BCUT2D eigenvalue weighted by Crippen LogP contribution is -2.61. The first-order valence-electron chi connectivity index (χ1n) is 8.65. The summed E-state index contributed by atoms with van der Waals surface area (Å²) in [6.07, 6.45) is 5.05. The molecular weight excluding hydrogens is 324 g/mol. The minimum absolute atomic E-state index is 0.0105. The van der Waals surface area contributed by atoms with E-state index < -0.39 is 0 Å². The molecule has 0 saturated carbocycles. The number of aromatic nitrogens is 4. The molecule has 2 N–H and O–H groups in total. The van der Waals surface area contributed by atoms with E-state index in [0.29, 0.717) is 17.6 Å². The van der Waals surface area contributed by atoms with Gasteiger partial charge in [-0.1, -0.05) is 5.10 Å². The average molecular weight is 346 g/mol. The number of aromatic amines is 1. The topological polar surface area (TPSA) is 109 Å². The summed E-state index contributed by atoms with van der Waals surface area (Å²) in [6, 6.07) is 2.22. The highest BCUT2D eigenvalue weighted by molar-refractivity contribution is 5.92. The second-order valence-corrected chi connectivity index (χ2v) is 6.64. The molecule has 0 bridgehead atoms. The van der Waals surface area contributed by atoms with Crippen molar-refractivity contribution in [3.63, 3.8) is 0 Å². The molecule has 0 aromatic carbocycles. The number of nitrogens with one attached hydrogen (secondary N) is 2. The number of H-pyrrole nitrogens is 1. The fourth-order valence-electron chi connectivity index (χ4n) is 3.73. The minimum atomic E-state index is -0.334.